The summed E-state index contributed by atoms with van der Waals surface area (Å²) in [6.45, 7) is 2.90. The van der Waals surface area contributed by atoms with Gasteiger partial charge in [0.25, 0.3) is 5.91 Å². The van der Waals surface area contributed by atoms with Gasteiger partial charge in [-0.25, -0.2) is 0 Å². The van der Waals surface area contributed by atoms with Crippen LogP contribution in [0.3, 0.4) is 0 Å². The number of hydrogen-bond acceptors (Lipinski definition) is 3. The van der Waals surface area contributed by atoms with Crippen molar-refractivity contribution in [2.45, 2.75) is 19.8 Å². The summed E-state index contributed by atoms with van der Waals surface area (Å²) in [6.07, 6.45) is 1.41. The number of halogens is 1. The minimum Gasteiger partial charge on any atom is -0.481 e. The van der Waals surface area contributed by atoms with Crippen molar-refractivity contribution in [1.82, 2.24) is 4.90 Å². The number of likely N-dealkylation sites (tertiary alicyclic amines) is 1. The molecule has 0 bridgehead atoms. The lowest BCUT2D eigenvalue weighted by Crippen LogP contribution is -2.42. The molecule has 1 N–H and O–H groups in total. The van der Waals surface area contributed by atoms with Crippen LogP contribution in [0, 0.1) is 12.8 Å². The highest BCUT2D eigenvalue weighted by molar-refractivity contribution is 9.11. The van der Waals surface area contributed by atoms with Crippen LogP contribution < -0.4 is 0 Å². The molecule has 1 amide bonds. The summed E-state index contributed by atoms with van der Waals surface area (Å²) in [5.41, 5.74) is 0.642. The van der Waals surface area contributed by atoms with E-state index < -0.39 is 11.9 Å². The Morgan fingerprint density at radius 1 is 1.56 bits per heavy atom. The van der Waals surface area contributed by atoms with Crippen molar-refractivity contribution in [3.63, 3.8) is 0 Å². The minimum absolute atomic E-state index is 0.0721. The third-order valence-corrected chi connectivity index (χ3v) is 4.85. The van der Waals surface area contributed by atoms with Gasteiger partial charge in [-0.3, -0.25) is 9.59 Å². The molecule has 2 heterocycles. The summed E-state index contributed by atoms with van der Waals surface area (Å²) in [6, 6.07) is 1.85. The summed E-state index contributed by atoms with van der Waals surface area (Å²) in [5, 5.41) is 9.02. The third-order valence-electron chi connectivity index (χ3n) is 3.10. The molecule has 0 radical (unpaired) electrons. The number of carboxylic acids is 1. The number of nitrogens with zero attached hydrogens (tertiary/aromatic N) is 1. The minimum atomic E-state index is -0.812. The zero-order chi connectivity index (χ0) is 13.3. The van der Waals surface area contributed by atoms with Gasteiger partial charge in [-0.2, -0.15) is 0 Å². The first-order valence-electron chi connectivity index (χ1n) is 5.77. The Balaban J connectivity index is 2.14. The Labute approximate surface area is 118 Å². The average Bonchev–Trinajstić information content (AvgIpc) is 2.67. The fourth-order valence-corrected chi connectivity index (χ4v) is 3.93. The molecule has 18 heavy (non-hydrogen) atoms. The van der Waals surface area contributed by atoms with Crippen LogP contribution in [0.4, 0.5) is 0 Å². The van der Waals surface area contributed by atoms with E-state index in [4.69, 9.17) is 5.11 Å². The zero-order valence-corrected chi connectivity index (χ0v) is 12.4. The van der Waals surface area contributed by atoms with Gasteiger partial charge in [0, 0.05) is 18.0 Å². The second kappa shape index (κ2) is 5.40. The van der Waals surface area contributed by atoms with Gasteiger partial charge in [0.1, 0.15) is 0 Å². The number of thiophene rings is 1. The number of carbonyl (C=O) groups excluding carboxylic acids is 1. The van der Waals surface area contributed by atoms with Gasteiger partial charge in [-0.15, -0.1) is 11.3 Å². The summed E-state index contributed by atoms with van der Waals surface area (Å²) in [7, 11) is 0. The van der Waals surface area contributed by atoms with Gasteiger partial charge in [-0.05, 0) is 41.8 Å². The normalized spacial score (nSPS) is 19.9. The molecule has 6 heteroatoms. The molecule has 98 valence electrons. The quantitative estimate of drug-likeness (QED) is 0.906. The molecule has 1 aliphatic heterocycles. The monoisotopic (exact) mass is 331 g/mol. The van der Waals surface area contributed by atoms with E-state index in [1.54, 1.807) is 4.90 Å². The zero-order valence-electron chi connectivity index (χ0n) is 9.98. The van der Waals surface area contributed by atoms with E-state index in [9.17, 15) is 9.59 Å². The lowest BCUT2D eigenvalue weighted by Gasteiger charge is -2.30. The van der Waals surface area contributed by atoms with E-state index in [-0.39, 0.29) is 5.91 Å². The second-order valence-electron chi connectivity index (χ2n) is 4.47. The maximum absolute atomic E-state index is 12.3. The molecule has 4 nitrogen and oxygen atoms in total. The van der Waals surface area contributed by atoms with Crippen molar-refractivity contribution in [2.75, 3.05) is 13.1 Å². The van der Waals surface area contributed by atoms with Gasteiger partial charge >= 0.3 is 5.97 Å². The van der Waals surface area contributed by atoms with Gasteiger partial charge in [0.15, 0.2) is 0 Å². The third kappa shape index (κ3) is 2.75. The van der Waals surface area contributed by atoms with Crippen molar-refractivity contribution in [3.8, 4) is 0 Å². The summed E-state index contributed by atoms with van der Waals surface area (Å²) in [5.74, 6) is -1.31. The summed E-state index contributed by atoms with van der Waals surface area (Å²) < 4.78 is 0.822. The van der Waals surface area contributed by atoms with Crippen LogP contribution in [-0.4, -0.2) is 35.0 Å². The van der Waals surface area contributed by atoms with E-state index in [1.807, 2.05) is 13.0 Å². The first kappa shape index (κ1) is 13.5. The number of carbonyl (C=O) groups is 2. The molecule has 2 rings (SSSR count). The predicted molar refractivity (Wildman–Crippen MR) is 73.0 cm³/mol. The Hall–Kier alpha value is -0.880. The molecule has 1 unspecified atom stereocenters. The number of amides is 1. The highest BCUT2D eigenvalue weighted by atomic mass is 79.9. The number of rotatable bonds is 2. The molecular weight excluding hydrogens is 318 g/mol. The van der Waals surface area contributed by atoms with Gasteiger partial charge in [-0.1, -0.05) is 0 Å². The van der Waals surface area contributed by atoms with E-state index in [1.165, 1.54) is 11.3 Å². The Kier molecular flexibility index (Phi) is 4.07. The lowest BCUT2D eigenvalue weighted by atomic mass is 9.98. The highest BCUT2D eigenvalue weighted by Crippen LogP contribution is 2.29. The van der Waals surface area contributed by atoms with Crippen LogP contribution in [0.5, 0.6) is 0 Å². The highest BCUT2D eigenvalue weighted by Gasteiger charge is 2.29. The predicted octanol–water partition coefficient (Wildman–Crippen LogP) is 2.76. The molecule has 0 aliphatic carbocycles. The van der Waals surface area contributed by atoms with E-state index in [0.29, 0.717) is 25.1 Å². The molecule has 0 saturated carbocycles. The van der Waals surface area contributed by atoms with Crippen molar-refractivity contribution in [2.24, 2.45) is 5.92 Å². The van der Waals surface area contributed by atoms with Crippen molar-refractivity contribution >= 4 is 39.1 Å². The Bertz CT molecular complexity index is 486. The Morgan fingerprint density at radius 2 is 2.28 bits per heavy atom. The van der Waals surface area contributed by atoms with Crippen molar-refractivity contribution < 1.29 is 14.7 Å². The molecule has 0 aromatic carbocycles. The molecule has 1 atom stereocenters. The molecular formula is C12H14BrNO3S. The van der Waals surface area contributed by atoms with Crippen LogP contribution >= 0.6 is 27.3 Å². The summed E-state index contributed by atoms with van der Waals surface area (Å²) >= 11 is 4.90. The number of aliphatic carboxylic acids is 1. The van der Waals surface area contributed by atoms with Gasteiger partial charge < -0.3 is 10.0 Å². The Morgan fingerprint density at radius 3 is 2.83 bits per heavy atom. The molecule has 1 aromatic rings. The molecule has 0 spiro atoms. The molecule has 1 aromatic heterocycles. The lowest BCUT2D eigenvalue weighted by molar-refractivity contribution is -0.143. The first-order valence-corrected chi connectivity index (χ1v) is 7.38. The van der Waals surface area contributed by atoms with E-state index in [2.05, 4.69) is 15.9 Å². The van der Waals surface area contributed by atoms with Gasteiger partial charge in [0.05, 0.1) is 15.3 Å². The largest absolute Gasteiger partial charge is 0.481 e. The summed E-state index contributed by atoms with van der Waals surface area (Å²) in [4.78, 5) is 26.0. The topological polar surface area (TPSA) is 57.6 Å². The number of hydrogen-bond donors (Lipinski definition) is 1. The molecule has 1 fully saturated rings. The number of piperidine rings is 1. The SMILES string of the molecule is Cc1cc(C(=O)N2CCCC(C(=O)O)C2)c(Br)s1. The van der Waals surface area contributed by atoms with Crippen molar-refractivity contribution in [1.29, 1.82) is 0 Å². The smallest absolute Gasteiger partial charge is 0.308 e. The first-order chi connectivity index (χ1) is 8.49. The van der Waals surface area contributed by atoms with Crippen LogP contribution in [0.2, 0.25) is 0 Å². The molecule has 1 aliphatic rings. The van der Waals surface area contributed by atoms with E-state index in [0.717, 1.165) is 15.1 Å². The fraction of sp³-hybridized carbons (Fsp3) is 0.500. The molecule has 1 saturated heterocycles. The van der Waals surface area contributed by atoms with Gasteiger partial charge in [0.2, 0.25) is 0 Å². The average molecular weight is 332 g/mol. The van der Waals surface area contributed by atoms with Crippen LogP contribution in [-0.2, 0) is 4.79 Å². The fourth-order valence-electron chi connectivity index (χ4n) is 2.17. The standard InChI is InChI=1S/C12H14BrNO3S/c1-7-5-9(10(13)18-7)11(15)14-4-2-3-8(6-14)12(16)17/h5,8H,2-4,6H2,1H3,(H,16,17). The number of aryl methyl sites for hydroxylation is 1. The van der Waals surface area contributed by atoms with E-state index >= 15 is 0 Å². The maximum Gasteiger partial charge on any atom is 0.308 e. The van der Waals surface area contributed by atoms with Crippen molar-refractivity contribution in [3.05, 3.63) is 20.3 Å². The number of carboxylic acid groups (broad SMARTS) is 1. The second-order valence-corrected chi connectivity index (χ2v) is 7.05. The maximum atomic E-state index is 12.3. The van der Waals surface area contributed by atoms with Crippen LogP contribution in [0.25, 0.3) is 0 Å². The van der Waals surface area contributed by atoms with Crippen LogP contribution in [0.15, 0.2) is 9.85 Å². The van der Waals surface area contributed by atoms with Crippen LogP contribution in [0.1, 0.15) is 28.1 Å².